The van der Waals surface area contributed by atoms with Gasteiger partial charge in [0.2, 0.25) is 0 Å². The molecule has 2 atom stereocenters. The van der Waals surface area contributed by atoms with Crippen LogP contribution in [0.3, 0.4) is 0 Å². The van der Waals surface area contributed by atoms with Crippen molar-refractivity contribution in [2.75, 3.05) is 13.1 Å². The van der Waals surface area contributed by atoms with Crippen molar-refractivity contribution < 1.29 is 18.9 Å². The fourth-order valence-electron chi connectivity index (χ4n) is 2.94. The van der Waals surface area contributed by atoms with E-state index in [0.29, 0.717) is 25.1 Å². The quantitative estimate of drug-likeness (QED) is 0.436. The third-order valence-corrected chi connectivity index (χ3v) is 10.2. The first-order valence-electron chi connectivity index (χ1n) is 9.49. The number of non-ortho nitro benzene ring substituents is 1. The van der Waals surface area contributed by atoms with E-state index in [2.05, 4.69) is 33.9 Å². The molecular formula is C19H31N3O5Si. The number of carbonyl (C=O) groups excluding carboxylic acids is 1. The van der Waals surface area contributed by atoms with Crippen molar-refractivity contribution in [3.05, 3.63) is 39.9 Å². The molecule has 9 heteroatoms. The zero-order valence-electron chi connectivity index (χ0n) is 17.3. The van der Waals surface area contributed by atoms with Gasteiger partial charge in [0.25, 0.3) is 5.69 Å². The molecule has 1 fully saturated rings. The largest absolute Gasteiger partial charge is 0.445 e. The molecule has 1 aromatic carbocycles. The highest BCUT2D eigenvalue weighted by Crippen LogP contribution is 2.38. The Balaban J connectivity index is 1.95. The van der Waals surface area contributed by atoms with Crippen LogP contribution in [0.15, 0.2) is 24.3 Å². The monoisotopic (exact) mass is 409 g/mol. The summed E-state index contributed by atoms with van der Waals surface area (Å²) in [6, 6.07) is 5.84. The van der Waals surface area contributed by atoms with Gasteiger partial charge in [0, 0.05) is 31.3 Å². The highest BCUT2D eigenvalue weighted by molar-refractivity contribution is 6.74. The highest BCUT2D eigenvalue weighted by atomic mass is 28.4. The summed E-state index contributed by atoms with van der Waals surface area (Å²) in [5.74, 6) is 0. The molecule has 0 aromatic heterocycles. The number of nitro benzene ring substituents is 1. The fourth-order valence-corrected chi connectivity index (χ4v) is 4.30. The van der Waals surface area contributed by atoms with Crippen LogP contribution in [0.5, 0.6) is 0 Å². The molecule has 0 saturated carbocycles. The summed E-state index contributed by atoms with van der Waals surface area (Å²) < 4.78 is 11.9. The van der Waals surface area contributed by atoms with Gasteiger partial charge in [0.1, 0.15) is 6.61 Å². The van der Waals surface area contributed by atoms with E-state index in [9.17, 15) is 14.9 Å². The smallest absolute Gasteiger partial charge is 0.410 e. The molecule has 1 aliphatic heterocycles. The minimum absolute atomic E-state index is 0.00318. The SMILES string of the molecule is CC(C)(C)[Si](C)(C)O[C@@H]1C[C@@H](CN)N(C(=O)OCc2ccc([N+](=O)[O-])cc2)C1. The number of benzene rings is 1. The molecule has 1 heterocycles. The van der Waals surface area contributed by atoms with Crippen LogP contribution in [0.4, 0.5) is 10.5 Å². The van der Waals surface area contributed by atoms with Crippen LogP contribution in [-0.2, 0) is 15.8 Å². The Hall–Kier alpha value is -1.97. The molecule has 0 unspecified atom stereocenters. The van der Waals surface area contributed by atoms with Crippen molar-refractivity contribution in [3.8, 4) is 0 Å². The summed E-state index contributed by atoms with van der Waals surface area (Å²) in [5, 5.41) is 10.8. The molecule has 0 spiro atoms. The second-order valence-corrected chi connectivity index (χ2v) is 13.5. The number of amides is 1. The Labute approximate surface area is 167 Å². The molecule has 1 saturated heterocycles. The molecule has 1 aliphatic rings. The molecule has 8 nitrogen and oxygen atoms in total. The minimum Gasteiger partial charge on any atom is -0.445 e. The first-order valence-corrected chi connectivity index (χ1v) is 12.4. The summed E-state index contributed by atoms with van der Waals surface area (Å²) in [4.78, 5) is 24.5. The van der Waals surface area contributed by atoms with Gasteiger partial charge < -0.3 is 19.8 Å². The van der Waals surface area contributed by atoms with Gasteiger partial charge in [-0.2, -0.15) is 0 Å². The lowest BCUT2D eigenvalue weighted by Gasteiger charge is -2.38. The molecule has 0 aliphatic carbocycles. The Kier molecular flexibility index (Phi) is 6.84. The maximum Gasteiger partial charge on any atom is 0.410 e. The second-order valence-electron chi connectivity index (χ2n) is 8.76. The van der Waals surface area contributed by atoms with Crippen molar-refractivity contribution >= 4 is 20.1 Å². The van der Waals surface area contributed by atoms with Gasteiger partial charge in [-0.25, -0.2) is 4.79 Å². The van der Waals surface area contributed by atoms with Crippen molar-refractivity contribution in [1.82, 2.24) is 4.90 Å². The third-order valence-electron chi connectivity index (χ3n) is 5.66. The zero-order valence-corrected chi connectivity index (χ0v) is 18.3. The molecule has 0 radical (unpaired) electrons. The first-order chi connectivity index (χ1) is 12.9. The summed E-state index contributed by atoms with van der Waals surface area (Å²) in [6.45, 7) is 11.8. The van der Waals surface area contributed by atoms with Gasteiger partial charge in [-0.3, -0.25) is 10.1 Å². The van der Waals surface area contributed by atoms with Gasteiger partial charge in [-0.15, -0.1) is 0 Å². The van der Waals surface area contributed by atoms with Crippen LogP contribution in [0.1, 0.15) is 32.8 Å². The average molecular weight is 410 g/mol. The van der Waals surface area contributed by atoms with Crippen LogP contribution < -0.4 is 5.73 Å². The van der Waals surface area contributed by atoms with Gasteiger partial charge in [-0.1, -0.05) is 20.8 Å². The summed E-state index contributed by atoms with van der Waals surface area (Å²) in [6.07, 6.45) is 0.229. The normalized spacial score (nSPS) is 20.3. The minimum atomic E-state index is -1.94. The lowest BCUT2D eigenvalue weighted by molar-refractivity contribution is -0.384. The Morgan fingerprint density at radius 1 is 1.32 bits per heavy atom. The summed E-state index contributed by atoms with van der Waals surface area (Å²) in [7, 11) is -1.94. The molecule has 2 rings (SSSR count). The zero-order chi connectivity index (χ0) is 21.1. The number of hydrogen-bond acceptors (Lipinski definition) is 6. The van der Waals surface area contributed by atoms with E-state index >= 15 is 0 Å². The first kappa shape index (κ1) is 22.3. The molecule has 1 aromatic rings. The number of carbonyl (C=O) groups is 1. The highest BCUT2D eigenvalue weighted by Gasteiger charge is 2.43. The van der Waals surface area contributed by atoms with Crippen molar-refractivity contribution in [3.63, 3.8) is 0 Å². The van der Waals surface area contributed by atoms with Crippen molar-refractivity contribution in [2.24, 2.45) is 5.73 Å². The standard InChI is InChI=1S/C19H31N3O5Si/c1-19(2,3)28(4,5)27-17-10-16(11-20)21(12-17)18(23)26-13-14-6-8-15(9-7-14)22(24)25/h6-9,16-17H,10-13,20H2,1-5H3/t16-,17+/m0/s1. The van der Waals surface area contributed by atoms with E-state index in [1.807, 2.05) is 0 Å². The van der Waals surface area contributed by atoms with E-state index in [-0.39, 0.29) is 29.5 Å². The van der Waals surface area contributed by atoms with E-state index in [1.165, 1.54) is 12.1 Å². The van der Waals surface area contributed by atoms with E-state index in [4.69, 9.17) is 14.9 Å². The molecule has 2 N–H and O–H groups in total. The van der Waals surface area contributed by atoms with E-state index in [1.54, 1.807) is 17.0 Å². The third kappa shape index (κ3) is 5.30. The second kappa shape index (κ2) is 8.58. The van der Waals surface area contributed by atoms with E-state index in [0.717, 1.165) is 0 Å². The molecule has 0 bridgehead atoms. The number of likely N-dealkylation sites (tertiary alicyclic amines) is 1. The summed E-state index contributed by atoms with van der Waals surface area (Å²) in [5.41, 5.74) is 6.56. The maximum absolute atomic E-state index is 12.6. The average Bonchev–Trinajstić information content (AvgIpc) is 3.01. The molecule has 156 valence electrons. The van der Waals surface area contributed by atoms with Crippen molar-refractivity contribution in [1.29, 1.82) is 0 Å². The maximum atomic E-state index is 12.6. The van der Waals surface area contributed by atoms with Crippen LogP contribution in [0, 0.1) is 10.1 Å². The molecule has 28 heavy (non-hydrogen) atoms. The van der Waals surface area contributed by atoms with Crippen LogP contribution >= 0.6 is 0 Å². The Morgan fingerprint density at radius 2 is 1.93 bits per heavy atom. The van der Waals surface area contributed by atoms with Gasteiger partial charge in [0.05, 0.1) is 11.0 Å². The van der Waals surface area contributed by atoms with Gasteiger partial charge in [-0.05, 0) is 42.2 Å². The molecule has 1 amide bonds. The van der Waals surface area contributed by atoms with Gasteiger partial charge >= 0.3 is 6.09 Å². The van der Waals surface area contributed by atoms with Crippen LogP contribution in [0.2, 0.25) is 18.1 Å². The summed E-state index contributed by atoms with van der Waals surface area (Å²) >= 11 is 0. The van der Waals surface area contributed by atoms with Crippen molar-refractivity contribution in [2.45, 2.75) is 64.1 Å². The Bertz CT molecular complexity index is 703. The Morgan fingerprint density at radius 3 is 2.43 bits per heavy atom. The number of ether oxygens (including phenoxy) is 1. The lowest BCUT2D eigenvalue weighted by Crippen LogP contribution is -2.45. The predicted octanol–water partition coefficient (Wildman–Crippen LogP) is 3.65. The van der Waals surface area contributed by atoms with Crippen LogP contribution in [-0.4, -0.2) is 49.5 Å². The fraction of sp³-hybridized carbons (Fsp3) is 0.632. The number of nitro groups is 1. The van der Waals surface area contributed by atoms with Gasteiger partial charge in [0.15, 0.2) is 8.32 Å². The lowest BCUT2D eigenvalue weighted by atomic mass is 10.2. The number of rotatable bonds is 6. The molecular weight excluding hydrogens is 378 g/mol. The predicted molar refractivity (Wildman–Crippen MR) is 110 cm³/mol. The van der Waals surface area contributed by atoms with Crippen LogP contribution in [0.25, 0.3) is 0 Å². The number of nitrogens with zero attached hydrogens (tertiary/aromatic N) is 2. The van der Waals surface area contributed by atoms with E-state index < -0.39 is 19.3 Å². The topological polar surface area (TPSA) is 108 Å². The number of hydrogen-bond donors (Lipinski definition) is 1. The number of nitrogens with two attached hydrogens (primary N) is 1.